The van der Waals surface area contributed by atoms with Crippen LogP contribution in [0.5, 0.6) is 0 Å². The van der Waals surface area contributed by atoms with Gasteiger partial charge in [-0.3, -0.25) is 14.9 Å². The molecule has 0 fully saturated rings. The van der Waals surface area contributed by atoms with Crippen LogP contribution in [0.2, 0.25) is 0 Å². The second kappa shape index (κ2) is 7.74. The smallest absolute Gasteiger partial charge is 0.274 e. The van der Waals surface area contributed by atoms with Crippen LogP contribution in [0.15, 0.2) is 18.2 Å². The van der Waals surface area contributed by atoms with Crippen molar-refractivity contribution in [2.24, 2.45) is 0 Å². The monoisotopic (exact) mass is 284 g/mol. The van der Waals surface area contributed by atoms with Gasteiger partial charge in [0.15, 0.2) is 0 Å². The molecular formula is C13H17ClN2O3. The molecule has 1 rings (SSSR count). The molecule has 0 atom stereocenters. The van der Waals surface area contributed by atoms with Gasteiger partial charge in [-0.1, -0.05) is 13.0 Å². The van der Waals surface area contributed by atoms with Crippen LogP contribution in [0.25, 0.3) is 0 Å². The van der Waals surface area contributed by atoms with E-state index in [2.05, 4.69) is 5.32 Å². The molecule has 0 aliphatic rings. The van der Waals surface area contributed by atoms with Crippen molar-refractivity contribution in [3.8, 4) is 0 Å². The van der Waals surface area contributed by atoms with E-state index in [1.165, 1.54) is 6.07 Å². The van der Waals surface area contributed by atoms with Crippen LogP contribution < -0.4 is 5.32 Å². The van der Waals surface area contributed by atoms with Crippen LogP contribution in [-0.2, 0) is 11.2 Å². The Hall–Kier alpha value is -1.62. The van der Waals surface area contributed by atoms with Gasteiger partial charge in [-0.2, -0.15) is 0 Å². The van der Waals surface area contributed by atoms with Crippen LogP contribution in [-0.4, -0.2) is 16.7 Å². The minimum atomic E-state index is -0.429. The number of aryl methyl sites for hydroxylation is 1. The maximum atomic E-state index is 11.6. The summed E-state index contributed by atoms with van der Waals surface area (Å²) in [5, 5.41) is 13.6. The number of halogens is 1. The largest absolute Gasteiger partial charge is 0.326 e. The van der Waals surface area contributed by atoms with Gasteiger partial charge in [0.05, 0.1) is 4.92 Å². The van der Waals surface area contributed by atoms with Crippen molar-refractivity contribution >= 4 is 28.9 Å². The number of benzene rings is 1. The molecule has 0 saturated heterocycles. The van der Waals surface area contributed by atoms with Crippen molar-refractivity contribution in [3.63, 3.8) is 0 Å². The molecule has 0 bridgehead atoms. The predicted molar refractivity (Wildman–Crippen MR) is 75.7 cm³/mol. The van der Waals surface area contributed by atoms with Gasteiger partial charge in [-0.05, 0) is 25.3 Å². The summed E-state index contributed by atoms with van der Waals surface area (Å²) in [5.74, 6) is 0.382. The highest BCUT2D eigenvalue weighted by atomic mass is 35.5. The Balaban J connectivity index is 2.71. The molecule has 104 valence electrons. The Morgan fingerprint density at radius 2 is 2.16 bits per heavy atom. The standard InChI is InChI=1S/C13H17ClN2O3/c1-2-10-6-7-11(9-12(10)16(18)19)15-13(17)5-3-4-8-14/h6-7,9H,2-5,8H2,1H3,(H,15,17). The molecule has 0 aliphatic heterocycles. The zero-order valence-electron chi connectivity index (χ0n) is 10.8. The second-order valence-electron chi connectivity index (χ2n) is 4.15. The quantitative estimate of drug-likeness (QED) is 0.360. The van der Waals surface area contributed by atoms with Crippen LogP contribution >= 0.6 is 11.6 Å². The summed E-state index contributed by atoms with van der Waals surface area (Å²) in [4.78, 5) is 22.1. The van der Waals surface area contributed by atoms with E-state index < -0.39 is 4.92 Å². The Morgan fingerprint density at radius 1 is 1.42 bits per heavy atom. The molecule has 6 heteroatoms. The number of anilines is 1. The molecule has 0 saturated carbocycles. The molecule has 1 amide bonds. The summed E-state index contributed by atoms with van der Waals surface area (Å²) in [5.41, 5.74) is 1.16. The number of unbranched alkanes of at least 4 members (excludes halogenated alkanes) is 1. The molecule has 0 radical (unpaired) electrons. The van der Waals surface area contributed by atoms with Gasteiger partial charge in [0.25, 0.3) is 5.69 Å². The summed E-state index contributed by atoms with van der Waals surface area (Å²) in [7, 11) is 0. The van der Waals surface area contributed by atoms with Crippen molar-refractivity contribution in [1.29, 1.82) is 0 Å². The molecule has 0 aliphatic carbocycles. The van der Waals surface area contributed by atoms with Gasteiger partial charge in [-0.15, -0.1) is 11.6 Å². The van der Waals surface area contributed by atoms with Gasteiger partial charge in [0.2, 0.25) is 5.91 Å². The molecule has 0 unspecified atom stereocenters. The number of nitrogens with one attached hydrogen (secondary N) is 1. The van der Waals surface area contributed by atoms with Gasteiger partial charge in [0.1, 0.15) is 0 Å². The molecular weight excluding hydrogens is 268 g/mol. The van der Waals surface area contributed by atoms with Crippen molar-refractivity contribution in [2.45, 2.75) is 32.6 Å². The van der Waals surface area contributed by atoms with E-state index in [-0.39, 0.29) is 11.6 Å². The van der Waals surface area contributed by atoms with E-state index in [9.17, 15) is 14.9 Å². The zero-order chi connectivity index (χ0) is 14.3. The summed E-state index contributed by atoms with van der Waals surface area (Å²) < 4.78 is 0. The van der Waals surface area contributed by atoms with Crippen molar-refractivity contribution in [2.75, 3.05) is 11.2 Å². The van der Waals surface area contributed by atoms with E-state index in [1.807, 2.05) is 6.92 Å². The van der Waals surface area contributed by atoms with Crippen LogP contribution in [0.4, 0.5) is 11.4 Å². The van der Waals surface area contributed by atoms with Crippen LogP contribution in [0.3, 0.4) is 0 Å². The molecule has 5 nitrogen and oxygen atoms in total. The first-order valence-corrected chi connectivity index (χ1v) is 6.75. The lowest BCUT2D eigenvalue weighted by Gasteiger charge is -2.06. The number of rotatable bonds is 7. The van der Waals surface area contributed by atoms with E-state index in [0.29, 0.717) is 36.4 Å². The Labute approximate surface area is 117 Å². The number of nitrogens with zero attached hydrogens (tertiary/aromatic N) is 1. The Bertz CT molecular complexity index is 463. The lowest BCUT2D eigenvalue weighted by Crippen LogP contribution is -2.11. The third kappa shape index (κ3) is 4.87. The maximum absolute atomic E-state index is 11.6. The number of nitro benzene ring substituents is 1. The third-order valence-corrected chi connectivity index (χ3v) is 3.00. The lowest BCUT2D eigenvalue weighted by atomic mass is 10.1. The Kier molecular flexibility index (Phi) is 6.29. The predicted octanol–water partition coefficient (Wildman–Crippen LogP) is 3.50. The average Bonchev–Trinajstić information content (AvgIpc) is 2.39. The molecule has 0 heterocycles. The van der Waals surface area contributed by atoms with Crippen molar-refractivity contribution in [1.82, 2.24) is 0 Å². The van der Waals surface area contributed by atoms with Gasteiger partial charge >= 0.3 is 0 Å². The molecule has 19 heavy (non-hydrogen) atoms. The average molecular weight is 285 g/mol. The highest BCUT2D eigenvalue weighted by Crippen LogP contribution is 2.23. The second-order valence-corrected chi connectivity index (χ2v) is 4.53. The number of hydrogen-bond acceptors (Lipinski definition) is 3. The first-order valence-electron chi connectivity index (χ1n) is 6.21. The van der Waals surface area contributed by atoms with Gasteiger partial charge in [0, 0.05) is 29.6 Å². The van der Waals surface area contributed by atoms with Crippen molar-refractivity contribution in [3.05, 3.63) is 33.9 Å². The van der Waals surface area contributed by atoms with E-state index in [4.69, 9.17) is 11.6 Å². The molecule has 1 N–H and O–H groups in total. The molecule has 1 aromatic carbocycles. The number of nitro groups is 1. The highest BCUT2D eigenvalue weighted by molar-refractivity contribution is 6.17. The van der Waals surface area contributed by atoms with Gasteiger partial charge < -0.3 is 5.32 Å². The lowest BCUT2D eigenvalue weighted by molar-refractivity contribution is -0.385. The summed E-state index contributed by atoms with van der Waals surface area (Å²) in [6, 6.07) is 4.76. The van der Waals surface area contributed by atoms with E-state index >= 15 is 0 Å². The number of carbonyl (C=O) groups excluding carboxylic acids is 1. The van der Waals surface area contributed by atoms with Crippen LogP contribution in [0.1, 0.15) is 31.7 Å². The minimum absolute atomic E-state index is 0.0426. The number of hydrogen-bond donors (Lipinski definition) is 1. The first kappa shape index (κ1) is 15.4. The topological polar surface area (TPSA) is 72.2 Å². The minimum Gasteiger partial charge on any atom is -0.326 e. The number of carbonyl (C=O) groups is 1. The summed E-state index contributed by atoms with van der Waals surface area (Å²) >= 11 is 5.53. The number of alkyl halides is 1. The fraction of sp³-hybridized carbons (Fsp3) is 0.462. The zero-order valence-corrected chi connectivity index (χ0v) is 11.6. The fourth-order valence-electron chi connectivity index (χ4n) is 1.71. The Morgan fingerprint density at radius 3 is 2.74 bits per heavy atom. The normalized spacial score (nSPS) is 10.2. The van der Waals surface area contributed by atoms with Gasteiger partial charge in [-0.25, -0.2) is 0 Å². The maximum Gasteiger partial charge on any atom is 0.274 e. The molecule has 0 spiro atoms. The van der Waals surface area contributed by atoms with E-state index in [0.717, 1.165) is 6.42 Å². The SMILES string of the molecule is CCc1ccc(NC(=O)CCCCCl)cc1[N+](=O)[O-]. The van der Waals surface area contributed by atoms with Crippen molar-refractivity contribution < 1.29 is 9.72 Å². The van der Waals surface area contributed by atoms with Crippen LogP contribution in [0, 0.1) is 10.1 Å². The summed E-state index contributed by atoms with van der Waals surface area (Å²) in [6.45, 7) is 1.85. The highest BCUT2D eigenvalue weighted by Gasteiger charge is 2.13. The fourth-order valence-corrected chi connectivity index (χ4v) is 1.90. The van der Waals surface area contributed by atoms with E-state index in [1.54, 1.807) is 12.1 Å². The number of amides is 1. The molecule has 1 aromatic rings. The third-order valence-electron chi connectivity index (χ3n) is 2.73. The first-order chi connectivity index (χ1) is 9.08. The summed E-state index contributed by atoms with van der Waals surface area (Å²) in [6.07, 6.45) is 2.45. The molecule has 0 aromatic heterocycles.